The number of hydrogen-bond acceptors (Lipinski definition) is 2. The Labute approximate surface area is 103 Å². The summed E-state index contributed by atoms with van der Waals surface area (Å²) in [6, 6.07) is 5.28. The zero-order valence-electron chi connectivity index (χ0n) is 8.00. The predicted molar refractivity (Wildman–Crippen MR) is 62.9 cm³/mol. The standard InChI is InChI=1S/C10H11BrFNO.ClH/c11-8-2-1-7(5-9(8)12)10-6-14-4-3-13-10;/h1-2,5,10,13H,3-4,6H2;1H/t10-;/m1./s1. The number of nitrogens with one attached hydrogen (secondary N) is 1. The largest absolute Gasteiger partial charge is 0.378 e. The minimum absolute atomic E-state index is 0. The summed E-state index contributed by atoms with van der Waals surface area (Å²) in [5.74, 6) is -0.227. The van der Waals surface area contributed by atoms with Crippen molar-refractivity contribution in [2.75, 3.05) is 19.8 Å². The molecule has 2 rings (SSSR count). The fourth-order valence-electron chi connectivity index (χ4n) is 1.51. The molecule has 0 spiro atoms. The summed E-state index contributed by atoms with van der Waals surface area (Å²) < 4.78 is 19.0. The molecule has 1 aliphatic heterocycles. The van der Waals surface area contributed by atoms with E-state index in [2.05, 4.69) is 21.2 Å². The highest BCUT2D eigenvalue weighted by Gasteiger charge is 2.15. The number of halogens is 3. The van der Waals surface area contributed by atoms with Gasteiger partial charge in [0.05, 0.1) is 23.7 Å². The van der Waals surface area contributed by atoms with Crippen molar-refractivity contribution >= 4 is 28.3 Å². The SMILES string of the molecule is Cl.Fc1cc([C@H]2COCCN2)ccc1Br. The van der Waals surface area contributed by atoms with Gasteiger partial charge in [-0.15, -0.1) is 12.4 Å². The smallest absolute Gasteiger partial charge is 0.137 e. The highest BCUT2D eigenvalue weighted by Crippen LogP contribution is 2.21. The van der Waals surface area contributed by atoms with E-state index in [9.17, 15) is 4.39 Å². The van der Waals surface area contributed by atoms with Gasteiger partial charge in [-0.05, 0) is 33.6 Å². The van der Waals surface area contributed by atoms with E-state index in [1.807, 2.05) is 6.07 Å². The summed E-state index contributed by atoms with van der Waals surface area (Å²) in [6.07, 6.45) is 0. The number of morpholine rings is 1. The van der Waals surface area contributed by atoms with Crippen molar-refractivity contribution in [1.29, 1.82) is 0 Å². The first-order chi connectivity index (χ1) is 6.77. The molecule has 0 bridgehead atoms. The van der Waals surface area contributed by atoms with Gasteiger partial charge in [-0.2, -0.15) is 0 Å². The molecule has 5 heteroatoms. The molecule has 2 nitrogen and oxygen atoms in total. The van der Waals surface area contributed by atoms with Crippen LogP contribution in [0.5, 0.6) is 0 Å². The van der Waals surface area contributed by atoms with Gasteiger partial charge in [0.15, 0.2) is 0 Å². The molecule has 0 radical (unpaired) electrons. The van der Waals surface area contributed by atoms with Gasteiger partial charge in [-0.3, -0.25) is 0 Å². The highest BCUT2D eigenvalue weighted by atomic mass is 79.9. The second-order valence-electron chi connectivity index (χ2n) is 3.26. The number of benzene rings is 1. The molecule has 1 saturated heterocycles. The van der Waals surface area contributed by atoms with E-state index in [0.29, 0.717) is 11.1 Å². The molecule has 1 aromatic rings. The summed E-state index contributed by atoms with van der Waals surface area (Å²) in [5, 5.41) is 3.28. The van der Waals surface area contributed by atoms with Gasteiger partial charge in [0.2, 0.25) is 0 Å². The average molecular weight is 297 g/mol. The van der Waals surface area contributed by atoms with Crippen LogP contribution in [0.2, 0.25) is 0 Å². The van der Waals surface area contributed by atoms with Gasteiger partial charge in [-0.25, -0.2) is 4.39 Å². The Kier molecular flexibility index (Phi) is 4.99. The quantitative estimate of drug-likeness (QED) is 0.860. The van der Waals surface area contributed by atoms with E-state index in [1.54, 1.807) is 6.07 Å². The number of ether oxygens (including phenoxy) is 1. The van der Waals surface area contributed by atoms with Crippen LogP contribution in [0.1, 0.15) is 11.6 Å². The lowest BCUT2D eigenvalue weighted by atomic mass is 10.1. The minimum Gasteiger partial charge on any atom is -0.378 e. The number of hydrogen-bond donors (Lipinski definition) is 1. The Balaban J connectivity index is 0.00000112. The van der Waals surface area contributed by atoms with Crippen LogP contribution >= 0.6 is 28.3 Å². The lowest BCUT2D eigenvalue weighted by Crippen LogP contribution is -2.34. The van der Waals surface area contributed by atoms with Crippen LogP contribution in [-0.4, -0.2) is 19.8 Å². The van der Waals surface area contributed by atoms with Gasteiger partial charge in [0.1, 0.15) is 5.82 Å². The molecule has 84 valence electrons. The normalized spacial score (nSPS) is 20.8. The molecule has 1 atom stereocenters. The summed E-state index contributed by atoms with van der Waals surface area (Å²) in [5.41, 5.74) is 0.936. The lowest BCUT2D eigenvalue weighted by molar-refractivity contribution is 0.0768. The Bertz CT molecular complexity index is 331. The van der Waals surface area contributed by atoms with Crippen LogP contribution in [0.3, 0.4) is 0 Å². The van der Waals surface area contributed by atoms with Crippen LogP contribution in [0, 0.1) is 5.82 Å². The van der Waals surface area contributed by atoms with Crippen molar-refractivity contribution in [2.45, 2.75) is 6.04 Å². The molecule has 1 aromatic carbocycles. The zero-order valence-corrected chi connectivity index (χ0v) is 10.4. The van der Waals surface area contributed by atoms with E-state index < -0.39 is 0 Å². The molecule has 1 heterocycles. The molecule has 1 N–H and O–H groups in total. The molecule has 0 aliphatic carbocycles. The molecular formula is C10H12BrClFNO. The Morgan fingerprint density at radius 1 is 1.47 bits per heavy atom. The van der Waals surface area contributed by atoms with E-state index >= 15 is 0 Å². The van der Waals surface area contributed by atoms with Crippen LogP contribution in [0.4, 0.5) is 4.39 Å². The Hall–Kier alpha value is -0.160. The first-order valence-corrected chi connectivity index (χ1v) is 5.33. The Morgan fingerprint density at radius 3 is 2.87 bits per heavy atom. The number of rotatable bonds is 1. The van der Waals surface area contributed by atoms with Crippen LogP contribution in [0.15, 0.2) is 22.7 Å². The zero-order chi connectivity index (χ0) is 9.97. The van der Waals surface area contributed by atoms with Crippen molar-refractivity contribution in [1.82, 2.24) is 5.32 Å². The summed E-state index contributed by atoms with van der Waals surface area (Å²) in [6.45, 7) is 2.17. The van der Waals surface area contributed by atoms with Gasteiger partial charge >= 0.3 is 0 Å². The molecule has 0 amide bonds. The maximum atomic E-state index is 13.2. The summed E-state index contributed by atoms with van der Waals surface area (Å²) in [4.78, 5) is 0. The van der Waals surface area contributed by atoms with Crippen molar-refractivity contribution in [3.8, 4) is 0 Å². The van der Waals surface area contributed by atoms with Crippen molar-refractivity contribution in [2.24, 2.45) is 0 Å². The van der Waals surface area contributed by atoms with Crippen molar-refractivity contribution in [3.63, 3.8) is 0 Å². The molecule has 15 heavy (non-hydrogen) atoms. The van der Waals surface area contributed by atoms with Gasteiger partial charge in [0.25, 0.3) is 0 Å². The van der Waals surface area contributed by atoms with Gasteiger partial charge in [-0.1, -0.05) is 6.07 Å². The third-order valence-corrected chi connectivity index (χ3v) is 2.91. The maximum absolute atomic E-state index is 13.2. The average Bonchev–Trinajstić information content (AvgIpc) is 2.23. The minimum atomic E-state index is -0.227. The molecule has 1 aliphatic rings. The monoisotopic (exact) mass is 295 g/mol. The molecule has 0 aromatic heterocycles. The van der Waals surface area contributed by atoms with E-state index in [-0.39, 0.29) is 24.3 Å². The second kappa shape index (κ2) is 5.80. The molecule has 0 unspecified atom stereocenters. The van der Waals surface area contributed by atoms with E-state index in [1.165, 1.54) is 6.07 Å². The lowest BCUT2D eigenvalue weighted by Gasteiger charge is -2.24. The second-order valence-corrected chi connectivity index (χ2v) is 4.11. The predicted octanol–water partition coefficient (Wildman–Crippen LogP) is 2.67. The van der Waals surface area contributed by atoms with Crippen LogP contribution in [0.25, 0.3) is 0 Å². The van der Waals surface area contributed by atoms with E-state index in [4.69, 9.17) is 4.74 Å². The van der Waals surface area contributed by atoms with Crippen LogP contribution < -0.4 is 5.32 Å². The van der Waals surface area contributed by atoms with E-state index in [0.717, 1.165) is 18.7 Å². The van der Waals surface area contributed by atoms with Crippen molar-refractivity contribution in [3.05, 3.63) is 34.1 Å². The van der Waals surface area contributed by atoms with Gasteiger partial charge in [0, 0.05) is 6.54 Å². The summed E-state index contributed by atoms with van der Waals surface area (Å²) >= 11 is 3.13. The third-order valence-electron chi connectivity index (χ3n) is 2.27. The van der Waals surface area contributed by atoms with Crippen LogP contribution in [-0.2, 0) is 4.74 Å². The maximum Gasteiger partial charge on any atom is 0.137 e. The molecule has 0 saturated carbocycles. The summed E-state index contributed by atoms with van der Waals surface area (Å²) in [7, 11) is 0. The highest BCUT2D eigenvalue weighted by molar-refractivity contribution is 9.10. The van der Waals surface area contributed by atoms with Gasteiger partial charge < -0.3 is 10.1 Å². The third kappa shape index (κ3) is 3.14. The topological polar surface area (TPSA) is 21.3 Å². The Morgan fingerprint density at radius 2 is 2.27 bits per heavy atom. The fourth-order valence-corrected chi connectivity index (χ4v) is 1.76. The van der Waals surface area contributed by atoms with Crippen molar-refractivity contribution < 1.29 is 9.13 Å². The molecule has 1 fully saturated rings. The molecular weight excluding hydrogens is 284 g/mol. The fraction of sp³-hybridized carbons (Fsp3) is 0.400. The first kappa shape index (κ1) is 12.9. The first-order valence-electron chi connectivity index (χ1n) is 4.53.